The highest BCUT2D eigenvalue weighted by Gasteiger charge is 2.11. The van der Waals surface area contributed by atoms with Crippen LogP contribution in [0.5, 0.6) is 0 Å². The van der Waals surface area contributed by atoms with E-state index in [0.717, 1.165) is 27.3 Å². The first-order valence-electron chi connectivity index (χ1n) is 8.28. The van der Waals surface area contributed by atoms with Gasteiger partial charge in [0.2, 0.25) is 0 Å². The van der Waals surface area contributed by atoms with Gasteiger partial charge in [-0.15, -0.1) is 11.3 Å². The van der Waals surface area contributed by atoms with E-state index in [0.29, 0.717) is 13.0 Å². The van der Waals surface area contributed by atoms with Gasteiger partial charge in [0.25, 0.3) is 0 Å². The quantitative estimate of drug-likeness (QED) is 0.526. The molecule has 0 fully saturated rings. The number of hydrogen-bond donors (Lipinski definition) is 1. The Kier molecular flexibility index (Phi) is 5.44. The van der Waals surface area contributed by atoms with Crippen LogP contribution in [-0.4, -0.2) is 29.8 Å². The summed E-state index contributed by atoms with van der Waals surface area (Å²) >= 11 is 1.66. The smallest absolute Gasteiger partial charge is 0.158 e. The molecule has 0 atom stereocenters. The monoisotopic (exact) mass is 364 g/mol. The molecule has 0 saturated heterocycles. The minimum absolute atomic E-state index is 0.512. The van der Waals surface area contributed by atoms with Gasteiger partial charge in [-0.1, -0.05) is 12.1 Å². The minimum atomic E-state index is 0.512. The average molecular weight is 364 g/mol. The number of fused-ring (bicyclic) bond motifs is 1. The molecule has 0 radical (unpaired) electrons. The molecule has 2 aromatic heterocycles. The van der Waals surface area contributed by atoms with Crippen LogP contribution in [0.2, 0.25) is 0 Å². The van der Waals surface area contributed by atoms with E-state index >= 15 is 0 Å². The number of anilines is 2. The molecule has 0 spiro atoms. The lowest BCUT2D eigenvalue weighted by molar-refractivity contribution is 0.905. The number of aryl methyl sites for hydroxylation is 2. The standard InChI is InChI=1S/C19H20N6S/c1-13-14(2)26-19-17(13)18(21-12-22-19)24-23-11-15-5-7-16(8-6-15)25(3)10-4-9-20/h5-8,11-12H,4,10H2,1-3H3,(H,21,22,24)/b23-11-. The van der Waals surface area contributed by atoms with Crippen LogP contribution in [0.4, 0.5) is 11.5 Å². The summed E-state index contributed by atoms with van der Waals surface area (Å²) in [5, 5.41) is 14.0. The lowest BCUT2D eigenvalue weighted by Crippen LogP contribution is -2.17. The minimum Gasteiger partial charge on any atom is -0.374 e. The number of hydrogen-bond acceptors (Lipinski definition) is 7. The first-order chi connectivity index (χ1) is 12.6. The van der Waals surface area contributed by atoms with Crippen molar-refractivity contribution in [2.45, 2.75) is 20.3 Å². The van der Waals surface area contributed by atoms with Gasteiger partial charge in [0, 0.05) is 24.2 Å². The highest BCUT2D eigenvalue weighted by Crippen LogP contribution is 2.32. The Morgan fingerprint density at radius 1 is 1.27 bits per heavy atom. The first kappa shape index (κ1) is 17.8. The predicted octanol–water partition coefficient (Wildman–Crippen LogP) is 4.10. The predicted molar refractivity (Wildman–Crippen MR) is 108 cm³/mol. The topological polar surface area (TPSA) is 77.2 Å². The third kappa shape index (κ3) is 3.81. The number of aromatic nitrogens is 2. The van der Waals surface area contributed by atoms with E-state index in [1.165, 1.54) is 10.4 Å². The van der Waals surface area contributed by atoms with Crippen molar-refractivity contribution in [2.24, 2.45) is 5.10 Å². The van der Waals surface area contributed by atoms with Crippen molar-refractivity contribution in [1.29, 1.82) is 5.26 Å². The van der Waals surface area contributed by atoms with Crippen LogP contribution in [0.1, 0.15) is 22.4 Å². The lowest BCUT2D eigenvalue weighted by Gasteiger charge is -2.17. The summed E-state index contributed by atoms with van der Waals surface area (Å²) < 4.78 is 0. The fourth-order valence-electron chi connectivity index (χ4n) is 2.60. The van der Waals surface area contributed by atoms with Gasteiger partial charge < -0.3 is 4.90 Å². The van der Waals surface area contributed by atoms with Crippen molar-refractivity contribution in [1.82, 2.24) is 9.97 Å². The van der Waals surface area contributed by atoms with Crippen LogP contribution in [0.15, 0.2) is 35.7 Å². The molecule has 0 aliphatic carbocycles. The van der Waals surface area contributed by atoms with E-state index < -0.39 is 0 Å². The molecule has 132 valence electrons. The molecular weight excluding hydrogens is 344 g/mol. The summed E-state index contributed by atoms with van der Waals surface area (Å²) in [5.41, 5.74) is 6.28. The maximum atomic E-state index is 8.67. The second-order valence-corrected chi connectivity index (χ2v) is 7.18. The molecule has 3 rings (SSSR count). The van der Waals surface area contributed by atoms with Gasteiger partial charge in [-0.05, 0) is 37.1 Å². The first-order valence-corrected chi connectivity index (χ1v) is 9.09. The summed E-state index contributed by atoms with van der Waals surface area (Å²) in [4.78, 5) is 12.9. The average Bonchev–Trinajstić information content (AvgIpc) is 2.95. The van der Waals surface area contributed by atoms with Gasteiger partial charge in [-0.2, -0.15) is 10.4 Å². The summed E-state index contributed by atoms with van der Waals surface area (Å²) in [7, 11) is 1.98. The fraction of sp³-hybridized carbons (Fsp3) is 0.263. The van der Waals surface area contributed by atoms with Crippen LogP contribution in [0, 0.1) is 25.2 Å². The second-order valence-electron chi connectivity index (χ2n) is 5.98. The fourth-order valence-corrected chi connectivity index (χ4v) is 3.59. The Morgan fingerprint density at radius 2 is 2.04 bits per heavy atom. The van der Waals surface area contributed by atoms with Crippen LogP contribution in [0.3, 0.4) is 0 Å². The van der Waals surface area contributed by atoms with Gasteiger partial charge in [0.15, 0.2) is 5.82 Å². The molecule has 1 aromatic carbocycles. The Bertz CT molecular complexity index is 968. The Labute approximate surface area is 156 Å². The summed E-state index contributed by atoms with van der Waals surface area (Å²) in [5.74, 6) is 0.723. The van der Waals surface area contributed by atoms with Crippen molar-refractivity contribution in [3.63, 3.8) is 0 Å². The molecule has 0 aliphatic heterocycles. The van der Waals surface area contributed by atoms with Crippen molar-refractivity contribution in [3.8, 4) is 6.07 Å². The Hall–Kier alpha value is -2.98. The van der Waals surface area contributed by atoms with E-state index in [1.807, 2.05) is 31.3 Å². The molecule has 26 heavy (non-hydrogen) atoms. The number of nitrogens with zero attached hydrogens (tertiary/aromatic N) is 5. The molecule has 0 bridgehead atoms. The van der Waals surface area contributed by atoms with E-state index in [9.17, 15) is 0 Å². The number of benzene rings is 1. The number of thiophene rings is 1. The number of rotatable bonds is 6. The summed E-state index contributed by atoms with van der Waals surface area (Å²) in [6.45, 7) is 4.88. The van der Waals surface area contributed by atoms with Gasteiger partial charge in [0.05, 0.1) is 24.1 Å². The summed E-state index contributed by atoms with van der Waals surface area (Å²) in [6, 6.07) is 10.2. The second kappa shape index (κ2) is 7.93. The van der Waals surface area contributed by atoms with Gasteiger partial charge in [-0.25, -0.2) is 9.97 Å². The number of hydrazone groups is 1. The summed E-state index contributed by atoms with van der Waals surface area (Å²) in [6.07, 6.45) is 3.83. The lowest BCUT2D eigenvalue weighted by atomic mass is 10.2. The molecule has 7 heteroatoms. The molecule has 0 amide bonds. The SMILES string of the molecule is Cc1sc2ncnc(N/N=C\c3ccc(N(C)CCC#N)cc3)c2c1C. The molecule has 0 aliphatic rings. The zero-order chi connectivity index (χ0) is 18.5. The van der Waals surface area contributed by atoms with Gasteiger partial charge in [0.1, 0.15) is 11.2 Å². The van der Waals surface area contributed by atoms with Gasteiger partial charge >= 0.3 is 0 Å². The van der Waals surface area contributed by atoms with E-state index in [4.69, 9.17) is 5.26 Å². The highest BCUT2D eigenvalue weighted by atomic mass is 32.1. The third-order valence-corrected chi connectivity index (χ3v) is 5.36. The van der Waals surface area contributed by atoms with Crippen LogP contribution in [-0.2, 0) is 0 Å². The molecule has 6 nitrogen and oxygen atoms in total. The Balaban J connectivity index is 1.71. The van der Waals surface area contributed by atoms with Crippen LogP contribution < -0.4 is 10.3 Å². The van der Waals surface area contributed by atoms with Crippen molar-refractivity contribution >= 4 is 39.3 Å². The maximum absolute atomic E-state index is 8.67. The normalized spacial score (nSPS) is 11.0. The third-order valence-electron chi connectivity index (χ3n) is 4.24. The molecule has 3 aromatic rings. The van der Waals surface area contributed by atoms with Crippen molar-refractivity contribution in [3.05, 3.63) is 46.6 Å². The number of nitriles is 1. The molecule has 2 heterocycles. The Morgan fingerprint density at radius 3 is 2.77 bits per heavy atom. The molecule has 1 N–H and O–H groups in total. The molecular formula is C19H20N6S. The zero-order valence-corrected chi connectivity index (χ0v) is 15.8. The number of nitrogens with one attached hydrogen (secondary N) is 1. The maximum Gasteiger partial charge on any atom is 0.158 e. The van der Waals surface area contributed by atoms with Crippen LogP contribution in [0.25, 0.3) is 10.2 Å². The van der Waals surface area contributed by atoms with E-state index in [-0.39, 0.29) is 0 Å². The van der Waals surface area contributed by atoms with Crippen molar-refractivity contribution < 1.29 is 0 Å². The molecule has 0 unspecified atom stereocenters. The van der Waals surface area contributed by atoms with Crippen molar-refractivity contribution in [2.75, 3.05) is 23.9 Å². The van der Waals surface area contributed by atoms with E-state index in [1.54, 1.807) is 23.9 Å². The largest absolute Gasteiger partial charge is 0.374 e. The van der Waals surface area contributed by atoms with E-state index in [2.05, 4.69) is 45.3 Å². The van der Waals surface area contributed by atoms with Crippen LogP contribution >= 0.6 is 11.3 Å². The zero-order valence-electron chi connectivity index (χ0n) is 15.0. The van der Waals surface area contributed by atoms with Gasteiger partial charge in [-0.3, -0.25) is 5.43 Å². The highest BCUT2D eigenvalue weighted by molar-refractivity contribution is 7.18. The molecule has 0 saturated carbocycles.